The van der Waals surface area contributed by atoms with Crippen LogP contribution in [0.15, 0.2) is 12.3 Å². The second-order valence-electron chi connectivity index (χ2n) is 6.15. The molecule has 0 unspecified atom stereocenters. The van der Waals surface area contributed by atoms with Crippen LogP contribution in [-0.2, 0) is 0 Å². The van der Waals surface area contributed by atoms with Gasteiger partial charge in [0, 0.05) is 25.4 Å². The SMILES string of the molecule is CCCN(CC(C)(C)CN)c1nccc(OC(C)C)n1. The maximum Gasteiger partial charge on any atom is 0.228 e. The Kier molecular flexibility index (Phi) is 6.20. The van der Waals surface area contributed by atoms with Crippen molar-refractivity contribution in [3.05, 3.63) is 12.3 Å². The first kappa shape index (κ1) is 16.7. The highest BCUT2D eigenvalue weighted by atomic mass is 16.5. The molecule has 0 fully saturated rings. The van der Waals surface area contributed by atoms with Gasteiger partial charge in [0.05, 0.1) is 6.10 Å². The zero-order valence-corrected chi connectivity index (χ0v) is 13.4. The Bertz CT molecular complexity index is 407. The van der Waals surface area contributed by atoms with Gasteiger partial charge in [-0.15, -0.1) is 0 Å². The van der Waals surface area contributed by atoms with Crippen LogP contribution in [0.25, 0.3) is 0 Å². The predicted molar refractivity (Wildman–Crippen MR) is 83.1 cm³/mol. The second kappa shape index (κ2) is 7.43. The van der Waals surface area contributed by atoms with E-state index in [1.807, 2.05) is 13.8 Å². The number of rotatable bonds is 8. The molecule has 0 radical (unpaired) electrons. The molecule has 20 heavy (non-hydrogen) atoms. The molecule has 0 aliphatic carbocycles. The predicted octanol–water partition coefficient (Wildman–Crippen LogP) is 2.47. The summed E-state index contributed by atoms with van der Waals surface area (Å²) < 4.78 is 5.64. The Morgan fingerprint density at radius 3 is 2.65 bits per heavy atom. The van der Waals surface area contributed by atoms with E-state index >= 15 is 0 Å². The third-order valence-corrected chi connectivity index (χ3v) is 2.92. The fourth-order valence-electron chi connectivity index (χ4n) is 1.89. The van der Waals surface area contributed by atoms with E-state index in [4.69, 9.17) is 10.5 Å². The maximum atomic E-state index is 5.83. The smallest absolute Gasteiger partial charge is 0.228 e. The van der Waals surface area contributed by atoms with Gasteiger partial charge in [-0.2, -0.15) is 4.98 Å². The fraction of sp³-hybridized carbons (Fsp3) is 0.733. The molecule has 0 aliphatic rings. The molecular weight excluding hydrogens is 252 g/mol. The number of aromatic nitrogens is 2. The molecule has 5 nitrogen and oxygen atoms in total. The minimum absolute atomic E-state index is 0.0352. The van der Waals surface area contributed by atoms with Crippen molar-refractivity contribution < 1.29 is 4.74 Å². The minimum atomic E-state index is 0.0352. The van der Waals surface area contributed by atoms with Gasteiger partial charge in [-0.1, -0.05) is 20.8 Å². The van der Waals surface area contributed by atoms with E-state index in [0.717, 1.165) is 19.5 Å². The summed E-state index contributed by atoms with van der Waals surface area (Å²) >= 11 is 0. The molecule has 0 saturated heterocycles. The van der Waals surface area contributed by atoms with Crippen LogP contribution in [0.1, 0.15) is 41.0 Å². The van der Waals surface area contributed by atoms with Gasteiger partial charge < -0.3 is 15.4 Å². The number of nitrogens with zero attached hydrogens (tertiary/aromatic N) is 3. The van der Waals surface area contributed by atoms with Gasteiger partial charge in [0.25, 0.3) is 0 Å². The number of hydrogen-bond donors (Lipinski definition) is 1. The lowest BCUT2D eigenvalue weighted by atomic mass is 9.93. The molecule has 2 N–H and O–H groups in total. The lowest BCUT2D eigenvalue weighted by Crippen LogP contribution is -2.40. The first-order chi connectivity index (χ1) is 9.38. The third-order valence-electron chi connectivity index (χ3n) is 2.92. The first-order valence-electron chi connectivity index (χ1n) is 7.32. The maximum absolute atomic E-state index is 5.83. The highest BCUT2D eigenvalue weighted by Gasteiger charge is 2.22. The van der Waals surface area contributed by atoms with E-state index < -0.39 is 0 Å². The molecule has 0 bridgehead atoms. The zero-order valence-electron chi connectivity index (χ0n) is 13.4. The van der Waals surface area contributed by atoms with Crippen LogP contribution in [-0.4, -0.2) is 35.7 Å². The van der Waals surface area contributed by atoms with Gasteiger partial charge in [0.15, 0.2) is 0 Å². The summed E-state index contributed by atoms with van der Waals surface area (Å²) in [4.78, 5) is 11.1. The van der Waals surface area contributed by atoms with Gasteiger partial charge in [0.2, 0.25) is 11.8 Å². The highest BCUT2D eigenvalue weighted by molar-refractivity contribution is 5.32. The monoisotopic (exact) mass is 280 g/mol. The summed E-state index contributed by atoms with van der Waals surface area (Å²) in [5.74, 6) is 1.34. The van der Waals surface area contributed by atoms with Gasteiger partial charge in [-0.3, -0.25) is 0 Å². The molecule has 0 amide bonds. The highest BCUT2D eigenvalue weighted by Crippen LogP contribution is 2.20. The number of nitrogens with two attached hydrogens (primary N) is 1. The molecule has 0 atom stereocenters. The minimum Gasteiger partial charge on any atom is -0.475 e. The Morgan fingerprint density at radius 2 is 2.10 bits per heavy atom. The second-order valence-corrected chi connectivity index (χ2v) is 6.15. The van der Waals surface area contributed by atoms with Gasteiger partial charge >= 0.3 is 0 Å². The van der Waals surface area contributed by atoms with Crippen molar-refractivity contribution in [1.29, 1.82) is 0 Å². The van der Waals surface area contributed by atoms with Crippen LogP contribution in [0, 0.1) is 5.41 Å². The van der Waals surface area contributed by atoms with Crippen LogP contribution in [0.5, 0.6) is 5.88 Å². The average Bonchev–Trinajstić information content (AvgIpc) is 2.37. The molecule has 114 valence electrons. The summed E-state index contributed by atoms with van der Waals surface area (Å²) in [5, 5.41) is 0. The number of ether oxygens (including phenoxy) is 1. The van der Waals surface area contributed by atoms with Gasteiger partial charge in [-0.25, -0.2) is 4.98 Å². The lowest BCUT2D eigenvalue weighted by molar-refractivity contribution is 0.232. The van der Waals surface area contributed by atoms with E-state index in [1.165, 1.54) is 0 Å². The Morgan fingerprint density at radius 1 is 1.40 bits per heavy atom. The van der Waals surface area contributed by atoms with E-state index in [1.54, 1.807) is 12.3 Å². The molecular formula is C15H28N4O. The van der Waals surface area contributed by atoms with Crippen molar-refractivity contribution in [1.82, 2.24) is 9.97 Å². The number of hydrogen-bond acceptors (Lipinski definition) is 5. The van der Waals surface area contributed by atoms with Crippen LogP contribution >= 0.6 is 0 Å². The standard InChI is InChI=1S/C15H28N4O/c1-6-9-19(11-15(4,5)10-16)14-17-8-7-13(18-14)20-12(2)3/h7-8,12H,6,9-11,16H2,1-5H3. The molecule has 0 saturated carbocycles. The summed E-state index contributed by atoms with van der Waals surface area (Å²) in [6.45, 7) is 12.8. The van der Waals surface area contributed by atoms with E-state index in [2.05, 4.69) is 35.6 Å². The van der Waals surface area contributed by atoms with Crippen LogP contribution < -0.4 is 15.4 Å². The Balaban J connectivity index is 2.90. The summed E-state index contributed by atoms with van der Waals surface area (Å²) in [6, 6.07) is 1.79. The molecule has 0 spiro atoms. The molecule has 5 heteroatoms. The van der Waals surface area contributed by atoms with E-state index in [-0.39, 0.29) is 11.5 Å². The third kappa shape index (κ3) is 5.33. The summed E-state index contributed by atoms with van der Waals surface area (Å²) in [7, 11) is 0. The summed E-state index contributed by atoms with van der Waals surface area (Å²) in [5.41, 5.74) is 5.87. The fourth-order valence-corrected chi connectivity index (χ4v) is 1.89. The lowest BCUT2D eigenvalue weighted by Gasteiger charge is -2.31. The largest absolute Gasteiger partial charge is 0.475 e. The van der Waals surface area contributed by atoms with Crippen molar-refractivity contribution in [2.45, 2.75) is 47.1 Å². The van der Waals surface area contributed by atoms with Gasteiger partial charge in [0.1, 0.15) is 0 Å². The molecule has 0 aromatic carbocycles. The average molecular weight is 280 g/mol. The molecule has 1 aromatic heterocycles. The van der Waals surface area contributed by atoms with Gasteiger partial charge in [-0.05, 0) is 32.2 Å². The van der Waals surface area contributed by atoms with Crippen molar-refractivity contribution in [2.24, 2.45) is 11.1 Å². The van der Waals surface area contributed by atoms with Crippen molar-refractivity contribution in [2.75, 3.05) is 24.5 Å². The first-order valence-corrected chi connectivity index (χ1v) is 7.32. The van der Waals surface area contributed by atoms with Crippen LogP contribution in [0.3, 0.4) is 0 Å². The van der Waals surface area contributed by atoms with Crippen LogP contribution in [0.2, 0.25) is 0 Å². The normalized spacial score (nSPS) is 11.8. The Labute approximate surface area is 122 Å². The quantitative estimate of drug-likeness (QED) is 0.792. The molecule has 1 rings (SSSR count). The van der Waals surface area contributed by atoms with Crippen molar-refractivity contribution in [3.8, 4) is 5.88 Å². The zero-order chi connectivity index (χ0) is 15.2. The van der Waals surface area contributed by atoms with Crippen molar-refractivity contribution >= 4 is 5.95 Å². The van der Waals surface area contributed by atoms with Crippen LogP contribution in [0.4, 0.5) is 5.95 Å². The number of anilines is 1. The summed E-state index contributed by atoms with van der Waals surface area (Å²) in [6.07, 6.45) is 2.90. The molecule has 1 aromatic rings. The van der Waals surface area contributed by atoms with E-state index in [9.17, 15) is 0 Å². The molecule has 1 heterocycles. The topological polar surface area (TPSA) is 64.3 Å². The Hall–Kier alpha value is -1.36. The van der Waals surface area contributed by atoms with E-state index in [0.29, 0.717) is 18.4 Å². The molecule has 0 aliphatic heterocycles. The van der Waals surface area contributed by atoms with Crippen molar-refractivity contribution in [3.63, 3.8) is 0 Å².